The third-order valence-electron chi connectivity index (χ3n) is 3.56. The zero-order chi connectivity index (χ0) is 13.4. The summed E-state index contributed by atoms with van der Waals surface area (Å²) in [5.74, 6) is 0.103. The van der Waals surface area contributed by atoms with Crippen LogP contribution in [0.5, 0.6) is 0 Å². The molecule has 1 atom stereocenters. The fourth-order valence-electron chi connectivity index (χ4n) is 2.61. The number of likely N-dealkylation sites (tertiary alicyclic amines) is 1. The fourth-order valence-corrected chi connectivity index (χ4v) is 3.36. The van der Waals surface area contributed by atoms with Gasteiger partial charge in [0.1, 0.15) is 4.88 Å². The molecule has 3 heterocycles. The Morgan fingerprint density at radius 3 is 3.00 bits per heavy atom. The quantitative estimate of drug-likeness (QED) is 0.844. The van der Waals surface area contributed by atoms with Crippen LogP contribution in [0.3, 0.4) is 0 Å². The number of amides is 1. The summed E-state index contributed by atoms with van der Waals surface area (Å²) < 4.78 is 1.79. The van der Waals surface area contributed by atoms with E-state index >= 15 is 0 Å². The van der Waals surface area contributed by atoms with Crippen molar-refractivity contribution in [3.63, 3.8) is 0 Å². The molecule has 0 radical (unpaired) electrons. The number of carbonyl (C=O) groups excluding carboxylic acids is 1. The van der Waals surface area contributed by atoms with Crippen molar-refractivity contribution in [2.24, 2.45) is 7.05 Å². The van der Waals surface area contributed by atoms with Gasteiger partial charge in [0.2, 0.25) is 0 Å². The van der Waals surface area contributed by atoms with E-state index in [2.05, 4.69) is 10.1 Å². The van der Waals surface area contributed by atoms with Crippen LogP contribution in [0.1, 0.15) is 39.8 Å². The SMILES string of the molecule is Cc1ncsc1C(=O)N1CCC[C@@H]1c1cnn(C)c1. The van der Waals surface area contributed by atoms with Gasteiger partial charge in [0, 0.05) is 25.4 Å². The lowest BCUT2D eigenvalue weighted by Gasteiger charge is -2.23. The first-order chi connectivity index (χ1) is 9.16. The van der Waals surface area contributed by atoms with Gasteiger partial charge in [-0.2, -0.15) is 5.10 Å². The molecule has 0 N–H and O–H groups in total. The van der Waals surface area contributed by atoms with E-state index in [0.29, 0.717) is 0 Å². The van der Waals surface area contributed by atoms with Crippen LogP contribution >= 0.6 is 11.3 Å². The molecule has 1 aliphatic heterocycles. The maximum atomic E-state index is 12.6. The Morgan fingerprint density at radius 2 is 2.37 bits per heavy atom. The monoisotopic (exact) mass is 276 g/mol. The van der Waals surface area contributed by atoms with E-state index in [1.54, 1.807) is 10.2 Å². The summed E-state index contributed by atoms with van der Waals surface area (Å²) in [4.78, 5) is 19.5. The first-order valence-electron chi connectivity index (χ1n) is 6.36. The number of aromatic nitrogens is 3. The maximum Gasteiger partial charge on any atom is 0.266 e. The van der Waals surface area contributed by atoms with Gasteiger partial charge in [0.05, 0.1) is 23.4 Å². The second-order valence-corrected chi connectivity index (χ2v) is 5.73. The maximum absolute atomic E-state index is 12.6. The zero-order valence-electron chi connectivity index (χ0n) is 11.0. The summed E-state index contributed by atoms with van der Waals surface area (Å²) in [6.07, 6.45) is 5.91. The van der Waals surface area contributed by atoms with Crippen molar-refractivity contribution in [2.75, 3.05) is 6.54 Å². The summed E-state index contributed by atoms with van der Waals surface area (Å²) in [6.45, 7) is 2.70. The van der Waals surface area contributed by atoms with Gasteiger partial charge >= 0.3 is 0 Å². The van der Waals surface area contributed by atoms with Crippen LogP contribution in [-0.2, 0) is 7.05 Å². The largest absolute Gasteiger partial charge is 0.331 e. The van der Waals surface area contributed by atoms with E-state index in [0.717, 1.165) is 35.5 Å². The molecule has 1 aliphatic rings. The highest BCUT2D eigenvalue weighted by atomic mass is 32.1. The number of hydrogen-bond acceptors (Lipinski definition) is 4. The van der Waals surface area contributed by atoms with E-state index in [4.69, 9.17) is 0 Å². The number of rotatable bonds is 2. The third-order valence-corrected chi connectivity index (χ3v) is 4.48. The Morgan fingerprint density at radius 1 is 1.53 bits per heavy atom. The normalized spacial score (nSPS) is 19.1. The average Bonchev–Trinajstić information content (AvgIpc) is 3.07. The van der Waals surface area contributed by atoms with E-state index in [1.807, 2.05) is 31.3 Å². The summed E-state index contributed by atoms with van der Waals surface area (Å²) in [7, 11) is 1.90. The lowest BCUT2D eigenvalue weighted by atomic mass is 10.1. The minimum absolute atomic E-state index is 0.103. The van der Waals surface area contributed by atoms with Crippen LogP contribution in [0.4, 0.5) is 0 Å². The zero-order valence-corrected chi connectivity index (χ0v) is 11.9. The summed E-state index contributed by atoms with van der Waals surface area (Å²) in [5, 5.41) is 4.20. The molecule has 0 aliphatic carbocycles. The molecule has 2 aromatic rings. The predicted octanol–water partition coefficient (Wildman–Crippen LogP) is 2.16. The molecule has 1 fully saturated rings. The minimum atomic E-state index is 0.103. The molecule has 100 valence electrons. The van der Waals surface area contributed by atoms with Gasteiger partial charge in [-0.15, -0.1) is 11.3 Å². The lowest BCUT2D eigenvalue weighted by molar-refractivity contribution is 0.0739. The molecule has 6 heteroatoms. The summed E-state index contributed by atoms with van der Waals surface area (Å²) >= 11 is 1.42. The number of aryl methyl sites for hydroxylation is 2. The van der Waals surface area contributed by atoms with Crippen LogP contribution in [-0.4, -0.2) is 32.1 Å². The van der Waals surface area contributed by atoms with Crippen molar-refractivity contribution >= 4 is 17.2 Å². The van der Waals surface area contributed by atoms with E-state index in [1.165, 1.54) is 11.3 Å². The fraction of sp³-hybridized carbons (Fsp3) is 0.462. The Balaban J connectivity index is 1.88. The van der Waals surface area contributed by atoms with E-state index in [9.17, 15) is 4.79 Å². The molecule has 1 amide bonds. The predicted molar refractivity (Wildman–Crippen MR) is 73.1 cm³/mol. The van der Waals surface area contributed by atoms with Crippen molar-refractivity contribution in [1.82, 2.24) is 19.7 Å². The topological polar surface area (TPSA) is 51.0 Å². The molecular weight excluding hydrogens is 260 g/mol. The van der Waals surface area contributed by atoms with Gasteiger partial charge in [-0.1, -0.05) is 0 Å². The number of nitrogens with zero attached hydrogens (tertiary/aromatic N) is 4. The van der Waals surface area contributed by atoms with Gasteiger partial charge in [-0.3, -0.25) is 9.48 Å². The second-order valence-electron chi connectivity index (χ2n) is 4.87. The van der Waals surface area contributed by atoms with Crippen LogP contribution in [0, 0.1) is 6.92 Å². The molecule has 0 bridgehead atoms. The number of thiazole rings is 1. The molecular formula is C13H16N4OS. The van der Waals surface area contributed by atoms with Crippen molar-refractivity contribution in [1.29, 1.82) is 0 Å². The second kappa shape index (κ2) is 4.77. The molecule has 2 aromatic heterocycles. The molecule has 0 spiro atoms. The number of carbonyl (C=O) groups is 1. The van der Waals surface area contributed by atoms with Crippen LogP contribution in [0.25, 0.3) is 0 Å². The highest BCUT2D eigenvalue weighted by molar-refractivity contribution is 7.11. The Hall–Kier alpha value is -1.69. The van der Waals surface area contributed by atoms with Gasteiger partial charge in [-0.25, -0.2) is 4.98 Å². The van der Waals surface area contributed by atoms with Crippen molar-refractivity contribution < 1.29 is 4.79 Å². The molecule has 0 unspecified atom stereocenters. The number of hydrogen-bond donors (Lipinski definition) is 0. The molecule has 0 saturated carbocycles. The molecule has 19 heavy (non-hydrogen) atoms. The first-order valence-corrected chi connectivity index (χ1v) is 7.24. The van der Waals surface area contributed by atoms with E-state index < -0.39 is 0 Å². The van der Waals surface area contributed by atoms with Gasteiger partial charge in [0.15, 0.2) is 0 Å². The third kappa shape index (κ3) is 2.16. The van der Waals surface area contributed by atoms with Gasteiger partial charge in [0.25, 0.3) is 5.91 Å². The van der Waals surface area contributed by atoms with Crippen molar-refractivity contribution in [3.05, 3.63) is 34.0 Å². The van der Waals surface area contributed by atoms with Crippen LogP contribution in [0.15, 0.2) is 17.9 Å². The van der Waals surface area contributed by atoms with E-state index in [-0.39, 0.29) is 11.9 Å². The first kappa shape index (κ1) is 12.3. The smallest absolute Gasteiger partial charge is 0.266 e. The highest BCUT2D eigenvalue weighted by Crippen LogP contribution is 2.33. The van der Waals surface area contributed by atoms with Crippen molar-refractivity contribution in [2.45, 2.75) is 25.8 Å². The summed E-state index contributed by atoms with van der Waals surface area (Å²) in [6, 6.07) is 0.155. The standard InChI is InChI=1S/C13H16N4OS/c1-9-12(19-8-14-9)13(18)17-5-3-4-11(17)10-6-15-16(2)7-10/h6-8,11H,3-5H2,1-2H3/t11-/m1/s1. The van der Waals surface area contributed by atoms with Gasteiger partial charge in [-0.05, 0) is 19.8 Å². The Kier molecular flexibility index (Phi) is 3.10. The molecule has 3 rings (SSSR count). The Bertz CT molecular complexity index is 603. The van der Waals surface area contributed by atoms with Crippen LogP contribution in [0.2, 0.25) is 0 Å². The Labute approximate surface area is 115 Å². The van der Waals surface area contributed by atoms with Gasteiger partial charge < -0.3 is 4.90 Å². The van der Waals surface area contributed by atoms with Crippen LogP contribution < -0.4 is 0 Å². The van der Waals surface area contributed by atoms with Crippen molar-refractivity contribution in [3.8, 4) is 0 Å². The highest BCUT2D eigenvalue weighted by Gasteiger charge is 2.32. The average molecular weight is 276 g/mol. The lowest BCUT2D eigenvalue weighted by Crippen LogP contribution is -2.30. The summed E-state index contributed by atoms with van der Waals surface area (Å²) in [5.41, 5.74) is 3.68. The molecule has 5 nitrogen and oxygen atoms in total. The molecule has 1 saturated heterocycles. The minimum Gasteiger partial charge on any atom is -0.331 e. The molecule has 0 aromatic carbocycles.